The molecular formula is C24H22N6O4. The first-order valence-electron chi connectivity index (χ1n) is 10.6. The van der Waals surface area contributed by atoms with E-state index in [4.69, 9.17) is 10.5 Å². The first-order chi connectivity index (χ1) is 16.5. The number of aromatic nitrogens is 1. The van der Waals surface area contributed by atoms with E-state index < -0.39 is 5.91 Å². The number of ether oxygens (including phenoxy) is 1. The molecule has 1 aliphatic rings. The molecular weight excluding hydrogens is 436 g/mol. The number of nitrogens with one attached hydrogen (secondary N) is 2. The van der Waals surface area contributed by atoms with E-state index in [9.17, 15) is 14.4 Å². The molecule has 0 bridgehead atoms. The Morgan fingerprint density at radius 2 is 1.65 bits per heavy atom. The Morgan fingerprint density at radius 1 is 0.941 bits per heavy atom. The van der Waals surface area contributed by atoms with Crippen LogP contribution in [0.5, 0.6) is 5.75 Å². The molecule has 1 aliphatic carbocycles. The summed E-state index contributed by atoms with van der Waals surface area (Å²) in [5, 5.41) is 13.3. The zero-order valence-corrected chi connectivity index (χ0v) is 18.1. The Labute approximate surface area is 195 Å². The number of para-hydroxylation sites is 1. The number of nitrogen functional groups attached to an aromatic ring is 1. The summed E-state index contributed by atoms with van der Waals surface area (Å²) >= 11 is 0. The van der Waals surface area contributed by atoms with Crippen LogP contribution in [0.4, 0.5) is 23.0 Å². The summed E-state index contributed by atoms with van der Waals surface area (Å²) in [5.41, 5.74) is 7.06. The van der Waals surface area contributed by atoms with Gasteiger partial charge in [0.15, 0.2) is 11.6 Å². The maximum Gasteiger partial charge on any atom is 0.314 e. The van der Waals surface area contributed by atoms with Gasteiger partial charge in [0.2, 0.25) is 5.91 Å². The number of amides is 2. The lowest BCUT2D eigenvalue weighted by molar-refractivity contribution is -0.135. The van der Waals surface area contributed by atoms with E-state index in [-0.39, 0.29) is 41.7 Å². The predicted molar refractivity (Wildman–Crippen MR) is 125 cm³/mol. The number of carbonyl (C=O) groups is 3. The van der Waals surface area contributed by atoms with Gasteiger partial charge < -0.3 is 21.1 Å². The number of pyridine rings is 1. The van der Waals surface area contributed by atoms with Gasteiger partial charge in [0.25, 0.3) is 5.91 Å². The molecule has 10 heteroatoms. The molecule has 1 heterocycles. The predicted octanol–water partition coefficient (Wildman–Crippen LogP) is 3.76. The number of esters is 1. The minimum Gasteiger partial charge on any atom is -0.424 e. The van der Waals surface area contributed by atoms with Crippen LogP contribution in [0, 0.1) is 5.92 Å². The Morgan fingerprint density at radius 3 is 2.38 bits per heavy atom. The van der Waals surface area contributed by atoms with Crippen molar-refractivity contribution in [1.29, 1.82) is 0 Å². The third kappa shape index (κ3) is 6.00. The molecule has 4 rings (SSSR count). The van der Waals surface area contributed by atoms with E-state index in [1.54, 1.807) is 60.7 Å². The van der Waals surface area contributed by atoms with Gasteiger partial charge in [0.05, 0.1) is 12.5 Å². The third-order valence-electron chi connectivity index (χ3n) is 4.87. The molecule has 172 valence electrons. The number of carbonyl (C=O) groups excluding carboxylic acids is 3. The topological polar surface area (TPSA) is 148 Å². The zero-order valence-electron chi connectivity index (χ0n) is 18.1. The normalized spacial score (nSPS) is 12.8. The van der Waals surface area contributed by atoms with Gasteiger partial charge >= 0.3 is 5.97 Å². The highest BCUT2D eigenvalue weighted by Gasteiger charge is 2.32. The SMILES string of the molecule is Nc1nc(NC(=O)CNC(=O)c2ccccc2)ccc1N=Nc1ccccc1OC(=O)C1CC1. The van der Waals surface area contributed by atoms with Crippen molar-refractivity contribution in [1.82, 2.24) is 10.3 Å². The summed E-state index contributed by atoms with van der Waals surface area (Å²) in [4.78, 5) is 40.2. The molecule has 2 aromatic carbocycles. The second-order valence-electron chi connectivity index (χ2n) is 7.56. The van der Waals surface area contributed by atoms with E-state index in [2.05, 4.69) is 25.8 Å². The van der Waals surface area contributed by atoms with Crippen molar-refractivity contribution in [3.63, 3.8) is 0 Å². The smallest absolute Gasteiger partial charge is 0.314 e. The van der Waals surface area contributed by atoms with Crippen LogP contribution in [-0.2, 0) is 9.59 Å². The number of benzene rings is 2. The highest BCUT2D eigenvalue weighted by molar-refractivity contribution is 5.99. The van der Waals surface area contributed by atoms with Crippen molar-refractivity contribution in [2.45, 2.75) is 12.8 Å². The molecule has 0 aliphatic heterocycles. The zero-order chi connectivity index (χ0) is 23.9. The molecule has 2 amide bonds. The highest BCUT2D eigenvalue weighted by atomic mass is 16.5. The Balaban J connectivity index is 1.35. The van der Waals surface area contributed by atoms with Crippen LogP contribution in [0.15, 0.2) is 77.0 Å². The molecule has 1 saturated carbocycles. The van der Waals surface area contributed by atoms with Crippen LogP contribution in [0.3, 0.4) is 0 Å². The van der Waals surface area contributed by atoms with Crippen LogP contribution in [0.1, 0.15) is 23.2 Å². The van der Waals surface area contributed by atoms with Crippen LogP contribution < -0.4 is 21.1 Å². The van der Waals surface area contributed by atoms with Crippen LogP contribution in [0.2, 0.25) is 0 Å². The Kier molecular flexibility index (Phi) is 6.87. The van der Waals surface area contributed by atoms with Crippen LogP contribution in [0.25, 0.3) is 0 Å². The molecule has 4 N–H and O–H groups in total. The largest absolute Gasteiger partial charge is 0.424 e. The first-order valence-corrected chi connectivity index (χ1v) is 10.6. The lowest BCUT2D eigenvalue weighted by atomic mass is 10.2. The minimum atomic E-state index is -0.461. The van der Waals surface area contributed by atoms with Gasteiger partial charge in [0.1, 0.15) is 17.2 Å². The summed E-state index contributed by atoms with van der Waals surface area (Å²) in [5.74, 6) is -0.574. The van der Waals surface area contributed by atoms with Gasteiger partial charge in [-0.05, 0) is 49.2 Å². The molecule has 0 saturated heterocycles. The van der Waals surface area contributed by atoms with Gasteiger partial charge in [-0.15, -0.1) is 10.2 Å². The van der Waals surface area contributed by atoms with Gasteiger partial charge in [-0.25, -0.2) is 4.98 Å². The van der Waals surface area contributed by atoms with Crippen molar-refractivity contribution >= 4 is 40.8 Å². The Bertz CT molecular complexity index is 1240. The third-order valence-corrected chi connectivity index (χ3v) is 4.87. The fourth-order valence-electron chi connectivity index (χ4n) is 2.91. The van der Waals surface area contributed by atoms with Crippen molar-refractivity contribution in [3.05, 3.63) is 72.3 Å². The number of hydrogen-bond acceptors (Lipinski definition) is 8. The quantitative estimate of drug-likeness (QED) is 0.266. The molecule has 34 heavy (non-hydrogen) atoms. The molecule has 3 aromatic rings. The number of azo groups is 1. The second-order valence-corrected chi connectivity index (χ2v) is 7.56. The molecule has 0 unspecified atom stereocenters. The molecule has 0 radical (unpaired) electrons. The highest BCUT2D eigenvalue weighted by Crippen LogP contribution is 2.34. The minimum absolute atomic E-state index is 0.0424. The summed E-state index contributed by atoms with van der Waals surface area (Å²) in [6.45, 7) is -0.229. The van der Waals surface area contributed by atoms with Gasteiger partial charge in [-0.1, -0.05) is 30.3 Å². The van der Waals surface area contributed by atoms with Crippen LogP contribution in [-0.4, -0.2) is 29.3 Å². The average Bonchev–Trinajstić information content (AvgIpc) is 3.69. The Hall–Kier alpha value is -4.60. The van der Waals surface area contributed by atoms with Gasteiger partial charge in [-0.3, -0.25) is 14.4 Å². The molecule has 1 fully saturated rings. The standard InChI is InChI=1S/C24H22N6O4/c25-22-18(30-29-17-8-4-5-9-19(17)34-24(33)16-10-11-16)12-13-20(28-22)27-21(31)14-26-23(32)15-6-2-1-3-7-15/h1-9,12-13,16H,10-11,14H2,(H,26,32)(H3,25,27,28,31). The van der Waals surface area contributed by atoms with Crippen molar-refractivity contribution in [2.75, 3.05) is 17.6 Å². The lowest BCUT2D eigenvalue weighted by Gasteiger charge is -2.08. The monoisotopic (exact) mass is 458 g/mol. The number of nitrogens with two attached hydrogens (primary N) is 1. The number of hydrogen-bond donors (Lipinski definition) is 3. The summed E-state index contributed by atoms with van der Waals surface area (Å²) in [6, 6.07) is 18.4. The molecule has 0 spiro atoms. The van der Waals surface area contributed by atoms with E-state index in [1.807, 2.05) is 0 Å². The van der Waals surface area contributed by atoms with Crippen molar-refractivity contribution < 1.29 is 19.1 Å². The van der Waals surface area contributed by atoms with E-state index in [1.165, 1.54) is 6.07 Å². The van der Waals surface area contributed by atoms with Crippen LogP contribution >= 0.6 is 0 Å². The first kappa shape index (κ1) is 22.6. The van der Waals surface area contributed by atoms with E-state index in [0.717, 1.165) is 12.8 Å². The van der Waals surface area contributed by atoms with Gasteiger partial charge in [-0.2, -0.15) is 0 Å². The number of anilines is 2. The van der Waals surface area contributed by atoms with E-state index >= 15 is 0 Å². The molecule has 10 nitrogen and oxygen atoms in total. The fraction of sp³-hybridized carbons (Fsp3) is 0.167. The van der Waals surface area contributed by atoms with Crippen molar-refractivity contribution in [2.24, 2.45) is 16.1 Å². The summed E-state index contributed by atoms with van der Waals surface area (Å²) in [7, 11) is 0. The fourth-order valence-corrected chi connectivity index (χ4v) is 2.91. The van der Waals surface area contributed by atoms with Gasteiger partial charge in [0, 0.05) is 5.56 Å². The maximum atomic E-state index is 12.1. The maximum absolute atomic E-state index is 12.1. The summed E-state index contributed by atoms with van der Waals surface area (Å²) in [6.07, 6.45) is 1.68. The number of nitrogens with zero attached hydrogens (tertiary/aromatic N) is 3. The van der Waals surface area contributed by atoms with Crippen molar-refractivity contribution in [3.8, 4) is 5.75 Å². The number of rotatable bonds is 8. The molecule has 1 aromatic heterocycles. The summed E-state index contributed by atoms with van der Waals surface area (Å²) < 4.78 is 5.40. The second kappa shape index (κ2) is 10.3. The molecule has 0 atom stereocenters. The average molecular weight is 458 g/mol. The lowest BCUT2D eigenvalue weighted by Crippen LogP contribution is -2.33. The van der Waals surface area contributed by atoms with E-state index in [0.29, 0.717) is 17.0 Å².